The van der Waals surface area contributed by atoms with Crippen LogP contribution in [0.15, 0.2) is 30.3 Å². The van der Waals surface area contributed by atoms with Crippen LogP contribution in [0, 0.1) is 17.8 Å². The van der Waals surface area contributed by atoms with E-state index in [-0.39, 0.29) is 35.2 Å². The Kier molecular flexibility index (Phi) is 29.4. The summed E-state index contributed by atoms with van der Waals surface area (Å²) in [6.07, 6.45) is 7.15. The van der Waals surface area contributed by atoms with Crippen molar-refractivity contribution in [1.29, 1.82) is 0 Å². The van der Waals surface area contributed by atoms with E-state index in [0.29, 0.717) is 13.0 Å². The van der Waals surface area contributed by atoms with Crippen molar-refractivity contribution in [2.45, 2.75) is 99.3 Å². The highest BCUT2D eigenvalue weighted by Crippen LogP contribution is 2.21. The second kappa shape index (κ2) is 27.2. The van der Waals surface area contributed by atoms with Gasteiger partial charge in [-0.25, -0.2) is 0 Å². The highest BCUT2D eigenvalue weighted by molar-refractivity contribution is 7.39. The van der Waals surface area contributed by atoms with E-state index >= 15 is 0 Å². The minimum Gasteiger partial charge on any atom is -0.369 e. The molecule has 0 heterocycles. The molecule has 0 saturated carbocycles. The largest absolute Gasteiger partial charge is 0.369 e. The molecule has 0 aliphatic rings. The first-order chi connectivity index (χ1) is 18.0. The van der Waals surface area contributed by atoms with Crippen molar-refractivity contribution in [3.63, 3.8) is 0 Å². The summed E-state index contributed by atoms with van der Waals surface area (Å²) in [5.41, 5.74) is 11.8. The van der Waals surface area contributed by atoms with Crippen molar-refractivity contribution >= 4 is 40.2 Å². The molecule has 1 rings (SSSR count). The van der Waals surface area contributed by atoms with Crippen LogP contribution in [0.25, 0.3) is 0 Å². The summed E-state index contributed by atoms with van der Waals surface area (Å²) in [6, 6.07) is 9.76. The van der Waals surface area contributed by atoms with Crippen LogP contribution in [0.2, 0.25) is 0 Å². The Labute approximate surface area is 238 Å². The van der Waals surface area contributed by atoms with E-state index in [1.165, 1.54) is 28.0 Å². The molecule has 1 amide bonds. The molecular formula is C31H58N2O3P2. The molecule has 1 aromatic carbocycles. The SMILES string of the molecule is CCC(C)C(CCN)C(=O)C(C)=O.CCC(C)CC(C)=PC.CCCCC(C(N)=O)c1ccccc1.CP. The zero-order valence-corrected chi connectivity index (χ0v) is 27.8. The summed E-state index contributed by atoms with van der Waals surface area (Å²) in [4.78, 5) is 33.5. The predicted molar refractivity (Wildman–Crippen MR) is 173 cm³/mol. The number of rotatable bonds is 14. The van der Waals surface area contributed by atoms with Gasteiger partial charge in [-0.1, -0.05) is 103 Å². The normalized spacial score (nSPS) is 13.6. The molecule has 0 fully saturated rings. The molecule has 0 spiro atoms. The van der Waals surface area contributed by atoms with Crippen LogP contribution in [0.5, 0.6) is 0 Å². The summed E-state index contributed by atoms with van der Waals surface area (Å²) in [6.45, 7) is 18.8. The highest BCUT2D eigenvalue weighted by atomic mass is 31.1. The van der Waals surface area contributed by atoms with Gasteiger partial charge in [0.05, 0.1) is 5.92 Å². The van der Waals surface area contributed by atoms with Crippen LogP contribution in [-0.2, 0) is 14.4 Å². The van der Waals surface area contributed by atoms with Crippen LogP contribution in [0.4, 0.5) is 0 Å². The maximum Gasteiger partial charge on any atom is 0.224 e. The minimum atomic E-state index is -0.348. The molecule has 38 heavy (non-hydrogen) atoms. The van der Waals surface area contributed by atoms with Gasteiger partial charge in [-0.05, 0) is 56.8 Å². The number of benzene rings is 1. The highest BCUT2D eigenvalue weighted by Gasteiger charge is 2.25. The van der Waals surface area contributed by atoms with Crippen molar-refractivity contribution in [3.8, 4) is 0 Å². The van der Waals surface area contributed by atoms with Gasteiger partial charge in [0, 0.05) is 12.8 Å². The van der Waals surface area contributed by atoms with Gasteiger partial charge in [-0.3, -0.25) is 14.4 Å². The maximum absolute atomic E-state index is 11.4. The van der Waals surface area contributed by atoms with E-state index in [2.05, 4.69) is 43.6 Å². The zero-order valence-electron chi connectivity index (χ0n) is 25.8. The Morgan fingerprint density at radius 2 is 1.50 bits per heavy atom. The number of hydrogen-bond donors (Lipinski definition) is 2. The van der Waals surface area contributed by atoms with Crippen LogP contribution < -0.4 is 11.5 Å². The van der Waals surface area contributed by atoms with Gasteiger partial charge >= 0.3 is 0 Å². The zero-order chi connectivity index (χ0) is 30.1. The first-order valence-corrected chi connectivity index (χ1v) is 16.6. The third-order valence-corrected chi connectivity index (χ3v) is 7.55. The molecule has 5 nitrogen and oxygen atoms in total. The number of Topliss-reactive ketones (excluding diaryl/α,β-unsaturated/α-hetero) is 2. The third kappa shape index (κ3) is 20.5. The average Bonchev–Trinajstić information content (AvgIpc) is 2.93. The van der Waals surface area contributed by atoms with E-state index in [9.17, 15) is 14.4 Å². The smallest absolute Gasteiger partial charge is 0.224 e. The summed E-state index contributed by atoms with van der Waals surface area (Å²) in [7, 11) is 3.88. The summed E-state index contributed by atoms with van der Waals surface area (Å²) < 4.78 is 0. The van der Waals surface area contributed by atoms with E-state index in [0.717, 1.165) is 37.2 Å². The number of primary amides is 1. The van der Waals surface area contributed by atoms with Crippen molar-refractivity contribution in [3.05, 3.63) is 35.9 Å². The number of ketones is 2. The van der Waals surface area contributed by atoms with Crippen molar-refractivity contribution < 1.29 is 14.4 Å². The lowest BCUT2D eigenvalue weighted by Crippen LogP contribution is -2.29. The molecule has 5 atom stereocenters. The van der Waals surface area contributed by atoms with E-state index < -0.39 is 0 Å². The standard InChI is InChI=1S/C12H17NO.C10H19NO2.C8H17P.CH5P/c1-2-3-9-11(12(13)14)10-7-5-4-6-8-10;1-4-7(2)9(5-6-11)10(13)8(3)12;1-5-7(2)6-8(3)9-4;1-2/h4-8,11H,2-3,9H2,1H3,(H2,13,14);7,9H,4-6,11H2,1-3H3;7H,5-6H2,1-4H3;2H2,1H3. The number of nitrogens with two attached hydrogens (primary N) is 2. The van der Waals surface area contributed by atoms with Gasteiger partial charge < -0.3 is 11.5 Å². The Balaban J connectivity index is -0.000000478. The predicted octanol–water partition coefficient (Wildman–Crippen LogP) is 7.28. The molecule has 0 aliphatic carbocycles. The molecule has 0 bridgehead atoms. The fourth-order valence-electron chi connectivity index (χ4n) is 3.71. The maximum atomic E-state index is 11.4. The Hall–Kier alpha value is -1.41. The second-order valence-corrected chi connectivity index (χ2v) is 10.9. The van der Waals surface area contributed by atoms with Gasteiger partial charge in [0.15, 0.2) is 5.78 Å². The van der Waals surface area contributed by atoms with Crippen molar-refractivity contribution in [2.24, 2.45) is 29.2 Å². The summed E-state index contributed by atoms with van der Waals surface area (Å²) in [5, 5.41) is 1.62. The molecule has 0 aliphatic heterocycles. The third-order valence-electron chi connectivity index (χ3n) is 6.61. The van der Waals surface area contributed by atoms with E-state index in [4.69, 9.17) is 11.5 Å². The Morgan fingerprint density at radius 3 is 1.87 bits per heavy atom. The van der Waals surface area contributed by atoms with Gasteiger partial charge in [-0.2, -0.15) is 0 Å². The summed E-state index contributed by atoms with van der Waals surface area (Å²) >= 11 is 0. The quantitative estimate of drug-likeness (QED) is 0.182. The minimum absolute atomic E-state index is 0.115. The monoisotopic (exact) mass is 568 g/mol. The fourth-order valence-corrected chi connectivity index (χ4v) is 4.20. The number of hydrogen-bond acceptors (Lipinski definition) is 4. The van der Waals surface area contributed by atoms with Gasteiger partial charge in [0.25, 0.3) is 0 Å². The molecule has 5 unspecified atom stereocenters. The lowest BCUT2D eigenvalue weighted by atomic mass is 9.84. The Morgan fingerprint density at radius 1 is 0.947 bits per heavy atom. The second-order valence-electron chi connectivity index (χ2n) is 9.67. The van der Waals surface area contributed by atoms with Crippen LogP contribution in [0.3, 0.4) is 0 Å². The van der Waals surface area contributed by atoms with Crippen LogP contribution in [-0.4, -0.2) is 42.6 Å². The van der Waals surface area contributed by atoms with Crippen LogP contribution >= 0.6 is 17.4 Å². The molecule has 1 aromatic rings. The molecule has 220 valence electrons. The van der Waals surface area contributed by atoms with Crippen LogP contribution in [0.1, 0.15) is 105 Å². The Bertz CT molecular complexity index is 770. The first kappa shape index (κ1) is 41.1. The fraction of sp³-hybridized carbons (Fsp3) is 0.677. The van der Waals surface area contributed by atoms with Crippen molar-refractivity contribution in [2.75, 3.05) is 19.9 Å². The average molecular weight is 569 g/mol. The number of carbonyl (C=O) groups excluding carboxylic acids is 3. The lowest BCUT2D eigenvalue weighted by molar-refractivity contribution is -0.138. The molecular weight excluding hydrogens is 510 g/mol. The van der Waals surface area contributed by atoms with Gasteiger partial charge in [-0.15, -0.1) is 17.4 Å². The number of amides is 1. The van der Waals surface area contributed by atoms with Gasteiger partial charge in [0.2, 0.25) is 11.7 Å². The topological polar surface area (TPSA) is 103 Å². The number of carbonyl (C=O) groups is 3. The molecule has 0 aromatic heterocycles. The number of unbranched alkanes of at least 4 members (excludes halogenated alkanes) is 1. The molecule has 0 radical (unpaired) electrons. The van der Waals surface area contributed by atoms with Crippen molar-refractivity contribution in [1.82, 2.24) is 0 Å². The molecule has 4 N–H and O–H groups in total. The lowest BCUT2D eigenvalue weighted by Gasteiger charge is -2.19. The van der Waals surface area contributed by atoms with E-state index in [1.54, 1.807) is 5.29 Å². The first-order valence-electron chi connectivity index (χ1n) is 14.1. The van der Waals surface area contributed by atoms with Gasteiger partial charge in [0.1, 0.15) is 0 Å². The molecule has 7 heteroatoms. The van der Waals surface area contributed by atoms with E-state index in [1.807, 2.05) is 50.8 Å². The summed E-state index contributed by atoms with van der Waals surface area (Å²) in [5.74, 6) is 0.0178. The molecule has 0 saturated heterocycles.